The smallest absolute Gasteiger partial charge is 0.271 e. The van der Waals surface area contributed by atoms with Gasteiger partial charge in [0.05, 0.1) is 33.6 Å². The van der Waals surface area contributed by atoms with E-state index in [1.807, 2.05) is 6.92 Å². The Bertz CT molecular complexity index is 660. The van der Waals surface area contributed by atoms with E-state index in [1.54, 1.807) is 17.4 Å². The number of nitro benzene ring substituents is 1. The summed E-state index contributed by atoms with van der Waals surface area (Å²) in [4.78, 5) is 14.9. The minimum absolute atomic E-state index is 0.000393. The van der Waals surface area contributed by atoms with Crippen molar-refractivity contribution in [2.45, 2.75) is 19.8 Å². The van der Waals surface area contributed by atoms with Crippen LogP contribution in [0.1, 0.15) is 17.1 Å². The number of non-ortho nitro benzene ring substituents is 1. The number of aryl methyl sites for hydroxylation is 2. The molecule has 3 N–H and O–H groups in total. The predicted molar refractivity (Wildman–Crippen MR) is 92.3 cm³/mol. The summed E-state index contributed by atoms with van der Waals surface area (Å²) in [6, 6.07) is 4.61. The third-order valence-electron chi connectivity index (χ3n) is 3.23. The zero-order valence-electron chi connectivity index (χ0n) is 12.9. The van der Waals surface area contributed by atoms with Gasteiger partial charge in [0, 0.05) is 30.6 Å². The van der Waals surface area contributed by atoms with Crippen LogP contribution < -0.4 is 10.6 Å². The van der Waals surface area contributed by atoms with Gasteiger partial charge in [-0.05, 0) is 25.8 Å². The molecule has 2 aromatic rings. The molecule has 0 aliphatic rings. The van der Waals surface area contributed by atoms with E-state index in [2.05, 4.69) is 21.0 Å². The fraction of sp³-hybridized carbons (Fsp3) is 0.400. The number of aliphatic hydroxyl groups excluding tert-OH is 1. The minimum Gasteiger partial charge on any atom is -0.395 e. The van der Waals surface area contributed by atoms with E-state index in [0.29, 0.717) is 18.8 Å². The highest BCUT2D eigenvalue weighted by atomic mass is 32.1. The number of nitro groups is 1. The van der Waals surface area contributed by atoms with Gasteiger partial charge >= 0.3 is 0 Å². The number of aromatic nitrogens is 1. The molecule has 0 spiro atoms. The van der Waals surface area contributed by atoms with E-state index in [1.165, 1.54) is 12.1 Å². The molecule has 0 unspecified atom stereocenters. The Kier molecular flexibility index (Phi) is 6.30. The number of nitrogens with one attached hydrogen (secondary N) is 2. The quantitative estimate of drug-likeness (QED) is 0.370. The first-order valence-corrected chi connectivity index (χ1v) is 8.26. The van der Waals surface area contributed by atoms with Crippen LogP contribution in [0.5, 0.6) is 0 Å². The van der Waals surface area contributed by atoms with Crippen molar-refractivity contribution in [3.63, 3.8) is 0 Å². The maximum atomic E-state index is 10.9. The van der Waals surface area contributed by atoms with Crippen molar-refractivity contribution in [2.24, 2.45) is 0 Å². The number of rotatable bonds is 9. The molecule has 0 aliphatic carbocycles. The van der Waals surface area contributed by atoms with Crippen molar-refractivity contribution in [3.8, 4) is 0 Å². The number of hydrogen-bond acceptors (Lipinski definition) is 7. The van der Waals surface area contributed by atoms with E-state index in [9.17, 15) is 10.1 Å². The van der Waals surface area contributed by atoms with Crippen molar-refractivity contribution in [3.05, 3.63) is 44.4 Å². The molecule has 2 rings (SSSR count). The topological polar surface area (TPSA) is 100 Å². The summed E-state index contributed by atoms with van der Waals surface area (Å²) < 4.78 is 0. The summed E-state index contributed by atoms with van der Waals surface area (Å²) in [6.07, 6.45) is 1.75. The van der Waals surface area contributed by atoms with E-state index in [0.717, 1.165) is 29.2 Å². The zero-order valence-corrected chi connectivity index (χ0v) is 13.7. The highest BCUT2D eigenvalue weighted by Crippen LogP contribution is 2.27. The zero-order chi connectivity index (χ0) is 16.7. The lowest BCUT2D eigenvalue weighted by Crippen LogP contribution is -2.10. The molecular formula is C15H20N4O3S. The highest BCUT2D eigenvalue weighted by Gasteiger charge is 2.10. The lowest BCUT2D eigenvalue weighted by Gasteiger charge is -2.13. The molecule has 0 amide bonds. The number of benzene rings is 1. The number of anilines is 2. The van der Waals surface area contributed by atoms with Gasteiger partial charge in [-0.3, -0.25) is 10.1 Å². The average molecular weight is 336 g/mol. The highest BCUT2D eigenvalue weighted by molar-refractivity contribution is 7.09. The third kappa shape index (κ3) is 5.19. The Balaban J connectivity index is 1.95. The molecule has 0 saturated heterocycles. The fourth-order valence-electron chi connectivity index (χ4n) is 2.15. The first kappa shape index (κ1) is 17.2. The van der Waals surface area contributed by atoms with Crippen molar-refractivity contribution in [2.75, 3.05) is 30.3 Å². The van der Waals surface area contributed by atoms with Crippen LogP contribution in [0.2, 0.25) is 0 Å². The average Bonchev–Trinajstić information content (AvgIpc) is 2.95. The minimum atomic E-state index is -0.418. The van der Waals surface area contributed by atoms with Crippen LogP contribution in [0.25, 0.3) is 0 Å². The first-order valence-electron chi connectivity index (χ1n) is 7.38. The normalized spacial score (nSPS) is 10.5. The van der Waals surface area contributed by atoms with Gasteiger partial charge in [0.2, 0.25) is 0 Å². The van der Waals surface area contributed by atoms with E-state index < -0.39 is 4.92 Å². The Morgan fingerprint density at radius 3 is 2.74 bits per heavy atom. The summed E-state index contributed by atoms with van der Waals surface area (Å²) >= 11 is 1.64. The van der Waals surface area contributed by atoms with Gasteiger partial charge in [0.1, 0.15) is 0 Å². The van der Waals surface area contributed by atoms with Crippen molar-refractivity contribution < 1.29 is 10.0 Å². The van der Waals surface area contributed by atoms with Gasteiger partial charge in [0.25, 0.3) is 5.69 Å². The SMILES string of the molecule is Cc1nc(CCCNc2cc([N+](=O)[O-])ccc2NCCO)cs1. The maximum Gasteiger partial charge on any atom is 0.271 e. The van der Waals surface area contributed by atoms with Crippen LogP contribution in [0.15, 0.2) is 23.6 Å². The number of aliphatic hydroxyl groups is 1. The molecule has 0 bridgehead atoms. The Morgan fingerprint density at radius 2 is 2.09 bits per heavy atom. The molecule has 7 nitrogen and oxygen atoms in total. The van der Waals surface area contributed by atoms with E-state index in [-0.39, 0.29) is 12.3 Å². The van der Waals surface area contributed by atoms with Gasteiger partial charge < -0.3 is 15.7 Å². The largest absolute Gasteiger partial charge is 0.395 e. The molecule has 1 aromatic heterocycles. The molecule has 0 aliphatic heterocycles. The fourth-order valence-corrected chi connectivity index (χ4v) is 2.80. The summed E-state index contributed by atoms with van der Waals surface area (Å²) in [6.45, 7) is 3.06. The standard InChI is InChI=1S/C15H20N4O3S/c1-11-18-12(10-23-11)3-2-6-16-15-9-13(19(21)22)4-5-14(15)17-7-8-20/h4-5,9-10,16-17,20H,2-3,6-8H2,1H3. The lowest BCUT2D eigenvalue weighted by atomic mass is 10.2. The Labute approximate surface area is 138 Å². The third-order valence-corrected chi connectivity index (χ3v) is 4.06. The molecule has 23 heavy (non-hydrogen) atoms. The summed E-state index contributed by atoms with van der Waals surface area (Å²) in [7, 11) is 0. The van der Waals surface area contributed by atoms with Crippen LogP contribution in [0, 0.1) is 17.0 Å². The van der Waals surface area contributed by atoms with Gasteiger partial charge in [0.15, 0.2) is 0 Å². The van der Waals surface area contributed by atoms with Gasteiger partial charge in [-0.25, -0.2) is 4.98 Å². The van der Waals surface area contributed by atoms with Crippen LogP contribution in [0.3, 0.4) is 0 Å². The maximum absolute atomic E-state index is 10.9. The molecule has 0 atom stereocenters. The monoisotopic (exact) mass is 336 g/mol. The lowest BCUT2D eigenvalue weighted by molar-refractivity contribution is -0.384. The van der Waals surface area contributed by atoms with E-state index in [4.69, 9.17) is 5.11 Å². The summed E-state index contributed by atoms with van der Waals surface area (Å²) in [5, 5.41) is 29.2. The van der Waals surface area contributed by atoms with Gasteiger partial charge in [-0.15, -0.1) is 11.3 Å². The second-order valence-corrected chi connectivity index (χ2v) is 6.09. The molecule has 8 heteroatoms. The molecular weight excluding hydrogens is 316 g/mol. The molecule has 1 aromatic carbocycles. The molecule has 0 fully saturated rings. The van der Waals surface area contributed by atoms with Crippen LogP contribution in [0.4, 0.5) is 17.1 Å². The second kappa shape index (κ2) is 8.44. The van der Waals surface area contributed by atoms with Gasteiger partial charge in [-0.2, -0.15) is 0 Å². The van der Waals surface area contributed by atoms with Crippen LogP contribution >= 0.6 is 11.3 Å². The van der Waals surface area contributed by atoms with Crippen LogP contribution in [-0.2, 0) is 6.42 Å². The van der Waals surface area contributed by atoms with Gasteiger partial charge in [-0.1, -0.05) is 0 Å². The van der Waals surface area contributed by atoms with Crippen molar-refractivity contribution in [1.82, 2.24) is 4.98 Å². The molecule has 0 radical (unpaired) electrons. The number of nitrogens with zero attached hydrogens (tertiary/aromatic N) is 2. The number of hydrogen-bond donors (Lipinski definition) is 3. The van der Waals surface area contributed by atoms with Crippen molar-refractivity contribution >= 4 is 28.4 Å². The van der Waals surface area contributed by atoms with E-state index >= 15 is 0 Å². The van der Waals surface area contributed by atoms with Crippen LogP contribution in [-0.4, -0.2) is 34.7 Å². The second-order valence-electron chi connectivity index (χ2n) is 5.03. The Hall–Kier alpha value is -2.19. The first-order chi connectivity index (χ1) is 11.1. The summed E-state index contributed by atoms with van der Waals surface area (Å²) in [5.41, 5.74) is 2.53. The Morgan fingerprint density at radius 1 is 1.30 bits per heavy atom. The molecule has 1 heterocycles. The molecule has 0 saturated carbocycles. The summed E-state index contributed by atoms with van der Waals surface area (Å²) in [5.74, 6) is 0. The predicted octanol–water partition coefficient (Wildman–Crippen LogP) is 2.81. The molecule has 124 valence electrons. The van der Waals surface area contributed by atoms with Crippen molar-refractivity contribution in [1.29, 1.82) is 0 Å². The number of thiazole rings is 1.